The number of carbonyl (C=O) groups is 1. The summed E-state index contributed by atoms with van der Waals surface area (Å²) >= 11 is 0. The standard InChI is InChI=1S/C21H21N7O2/c1-14-7-8-17-16(13-14)20(30)27-21(26-17)23-10-4-9-22-19(29)15-5-2-3-6-18(15)28-24-11-12-25-28/h2-3,5-8,11-13H,4,9-10H2,1H3,(H,22,29)(H2,23,26,27,30). The summed E-state index contributed by atoms with van der Waals surface area (Å²) in [5.74, 6) is 0.216. The van der Waals surface area contributed by atoms with Gasteiger partial charge in [0.15, 0.2) is 0 Å². The molecule has 0 bridgehead atoms. The summed E-state index contributed by atoms with van der Waals surface area (Å²) < 4.78 is 0. The Bertz CT molecular complexity index is 1230. The number of rotatable bonds is 7. The summed E-state index contributed by atoms with van der Waals surface area (Å²) in [6.45, 7) is 2.94. The van der Waals surface area contributed by atoms with Crippen molar-refractivity contribution >= 4 is 22.8 Å². The molecule has 9 heteroatoms. The van der Waals surface area contributed by atoms with Gasteiger partial charge in [-0.15, -0.1) is 0 Å². The summed E-state index contributed by atoms with van der Waals surface area (Å²) in [5.41, 5.74) is 2.59. The number of para-hydroxylation sites is 1. The molecule has 0 fully saturated rings. The fraction of sp³-hybridized carbons (Fsp3) is 0.190. The van der Waals surface area contributed by atoms with Crippen LogP contribution in [0.3, 0.4) is 0 Å². The smallest absolute Gasteiger partial charge is 0.260 e. The highest BCUT2D eigenvalue weighted by atomic mass is 16.1. The molecule has 0 aliphatic carbocycles. The van der Waals surface area contributed by atoms with Crippen molar-refractivity contribution in [1.29, 1.82) is 0 Å². The van der Waals surface area contributed by atoms with E-state index >= 15 is 0 Å². The Balaban J connectivity index is 1.32. The first-order valence-electron chi connectivity index (χ1n) is 9.60. The molecule has 0 radical (unpaired) electrons. The largest absolute Gasteiger partial charge is 0.356 e. The number of anilines is 1. The normalized spacial score (nSPS) is 10.8. The Morgan fingerprint density at radius 2 is 1.90 bits per heavy atom. The lowest BCUT2D eigenvalue weighted by Crippen LogP contribution is -2.27. The molecule has 3 N–H and O–H groups in total. The number of aryl methyl sites for hydroxylation is 1. The van der Waals surface area contributed by atoms with Gasteiger partial charge < -0.3 is 10.6 Å². The quantitative estimate of drug-likeness (QED) is 0.407. The molecule has 152 valence electrons. The zero-order chi connectivity index (χ0) is 20.9. The molecule has 0 spiro atoms. The van der Waals surface area contributed by atoms with Gasteiger partial charge in [0.1, 0.15) is 0 Å². The molecule has 0 saturated heterocycles. The van der Waals surface area contributed by atoms with Crippen molar-refractivity contribution in [3.05, 3.63) is 76.3 Å². The van der Waals surface area contributed by atoms with E-state index in [1.165, 1.54) is 4.80 Å². The van der Waals surface area contributed by atoms with Crippen LogP contribution >= 0.6 is 0 Å². The van der Waals surface area contributed by atoms with Gasteiger partial charge in [-0.3, -0.25) is 14.6 Å². The number of hydrogen-bond acceptors (Lipinski definition) is 6. The van der Waals surface area contributed by atoms with Gasteiger partial charge in [0.25, 0.3) is 11.5 Å². The SMILES string of the molecule is Cc1ccc2nc(NCCCNC(=O)c3ccccc3-n3nccn3)[nH]c(=O)c2c1. The first-order chi connectivity index (χ1) is 14.6. The average molecular weight is 403 g/mol. The van der Waals surface area contributed by atoms with E-state index in [1.54, 1.807) is 30.6 Å². The molecular formula is C21H21N7O2. The van der Waals surface area contributed by atoms with Gasteiger partial charge in [0.05, 0.1) is 34.5 Å². The first-order valence-corrected chi connectivity index (χ1v) is 9.60. The zero-order valence-electron chi connectivity index (χ0n) is 16.4. The Kier molecular flexibility index (Phi) is 5.51. The summed E-state index contributed by atoms with van der Waals surface area (Å²) in [6, 6.07) is 12.7. The van der Waals surface area contributed by atoms with E-state index in [1.807, 2.05) is 31.2 Å². The number of H-pyrrole nitrogens is 1. The van der Waals surface area contributed by atoms with Crippen molar-refractivity contribution < 1.29 is 4.79 Å². The molecule has 0 saturated carbocycles. The van der Waals surface area contributed by atoms with E-state index in [-0.39, 0.29) is 11.5 Å². The average Bonchev–Trinajstić information content (AvgIpc) is 3.29. The number of aromatic amines is 1. The predicted octanol–water partition coefficient (Wildman–Crippen LogP) is 2.04. The van der Waals surface area contributed by atoms with Gasteiger partial charge >= 0.3 is 0 Å². The molecule has 9 nitrogen and oxygen atoms in total. The number of nitrogens with one attached hydrogen (secondary N) is 3. The zero-order valence-corrected chi connectivity index (χ0v) is 16.4. The molecule has 2 aromatic heterocycles. The van der Waals surface area contributed by atoms with Gasteiger partial charge in [-0.2, -0.15) is 15.0 Å². The molecule has 30 heavy (non-hydrogen) atoms. The van der Waals surface area contributed by atoms with Crippen LogP contribution in [-0.4, -0.2) is 44.0 Å². The third kappa shape index (κ3) is 4.19. The van der Waals surface area contributed by atoms with Crippen LogP contribution in [0.1, 0.15) is 22.3 Å². The van der Waals surface area contributed by atoms with E-state index < -0.39 is 0 Å². The van der Waals surface area contributed by atoms with Gasteiger partial charge in [-0.05, 0) is 37.6 Å². The minimum Gasteiger partial charge on any atom is -0.356 e. The van der Waals surface area contributed by atoms with Crippen molar-refractivity contribution in [3.63, 3.8) is 0 Å². The number of amides is 1. The second-order valence-electron chi connectivity index (χ2n) is 6.81. The molecule has 2 aromatic carbocycles. The third-order valence-electron chi connectivity index (χ3n) is 4.58. The highest BCUT2D eigenvalue weighted by molar-refractivity contribution is 5.97. The summed E-state index contributed by atoms with van der Waals surface area (Å²) in [5, 5.41) is 14.7. The first kappa shape index (κ1) is 19.3. The fourth-order valence-corrected chi connectivity index (χ4v) is 3.11. The van der Waals surface area contributed by atoms with E-state index in [0.29, 0.717) is 47.6 Å². The maximum Gasteiger partial charge on any atom is 0.260 e. The minimum absolute atomic E-state index is 0.177. The maximum atomic E-state index is 12.6. The minimum atomic E-state index is -0.199. The van der Waals surface area contributed by atoms with Crippen LogP contribution in [0.4, 0.5) is 5.95 Å². The van der Waals surface area contributed by atoms with Crippen LogP contribution in [0.25, 0.3) is 16.6 Å². The van der Waals surface area contributed by atoms with Gasteiger partial charge in [-0.1, -0.05) is 23.8 Å². The highest BCUT2D eigenvalue weighted by Gasteiger charge is 2.12. The number of benzene rings is 2. The number of fused-ring (bicyclic) bond motifs is 1. The topological polar surface area (TPSA) is 118 Å². The van der Waals surface area contributed by atoms with Crippen molar-refractivity contribution in [2.24, 2.45) is 0 Å². The summed E-state index contributed by atoms with van der Waals surface area (Å²) in [7, 11) is 0. The molecule has 2 heterocycles. The lowest BCUT2D eigenvalue weighted by Gasteiger charge is -2.10. The van der Waals surface area contributed by atoms with Crippen molar-refractivity contribution in [2.45, 2.75) is 13.3 Å². The van der Waals surface area contributed by atoms with Gasteiger partial charge in [-0.25, -0.2) is 4.98 Å². The third-order valence-corrected chi connectivity index (χ3v) is 4.58. The van der Waals surface area contributed by atoms with E-state index in [4.69, 9.17) is 0 Å². The van der Waals surface area contributed by atoms with Crippen molar-refractivity contribution in [1.82, 2.24) is 30.3 Å². The van der Waals surface area contributed by atoms with E-state index in [2.05, 4.69) is 30.8 Å². The molecule has 0 unspecified atom stereocenters. The molecule has 1 amide bonds. The Morgan fingerprint density at radius 1 is 1.10 bits per heavy atom. The van der Waals surface area contributed by atoms with Crippen LogP contribution in [0, 0.1) is 6.92 Å². The second-order valence-corrected chi connectivity index (χ2v) is 6.81. The molecule has 4 rings (SSSR count). The Labute approximate surface area is 172 Å². The summed E-state index contributed by atoms with van der Waals surface area (Å²) in [4.78, 5) is 33.4. The molecule has 0 atom stereocenters. The molecule has 4 aromatic rings. The van der Waals surface area contributed by atoms with E-state index in [0.717, 1.165) is 5.56 Å². The number of carbonyl (C=O) groups excluding carboxylic acids is 1. The second kappa shape index (κ2) is 8.56. The van der Waals surface area contributed by atoms with Crippen LogP contribution < -0.4 is 16.2 Å². The Morgan fingerprint density at radius 3 is 2.73 bits per heavy atom. The van der Waals surface area contributed by atoms with Crippen molar-refractivity contribution in [3.8, 4) is 5.69 Å². The lowest BCUT2D eigenvalue weighted by atomic mass is 10.1. The van der Waals surface area contributed by atoms with Crippen molar-refractivity contribution in [2.75, 3.05) is 18.4 Å². The van der Waals surface area contributed by atoms with Crippen LogP contribution in [-0.2, 0) is 0 Å². The molecule has 0 aliphatic rings. The maximum absolute atomic E-state index is 12.6. The van der Waals surface area contributed by atoms with Crippen LogP contribution in [0.5, 0.6) is 0 Å². The molecular weight excluding hydrogens is 382 g/mol. The summed E-state index contributed by atoms with van der Waals surface area (Å²) in [6.07, 6.45) is 3.78. The monoisotopic (exact) mass is 403 g/mol. The molecule has 0 aliphatic heterocycles. The van der Waals surface area contributed by atoms with Crippen LogP contribution in [0.15, 0.2) is 59.7 Å². The Hall–Kier alpha value is -4.01. The fourth-order valence-electron chi connectivity index (χ4n) is 3.11. The van der Waals surface area contributed by atoms with Gasteiger partial charge in [0.2, 0.25) is 5.95 Å². The number of aromatic nitrogens is 5. The highest BCUT2D eigenvalue weighted by Crippen LogP contribution is 2.12. The predicted molar refractivity (Wildman–Crippen MR) is 114 cm³/mol. The van der Waals surface area contributed by atoms with Gasteiger partial charge in [0, 0.05) is 13.1 Å². The van der Waals surface area contributed by atoms with E-state index in [9.17, 15) is 9.59 Å². The number of hydrogen-bond donors (Lipinski definition) is 3. The number of nitrogens with zero attached hydrogens (tertiary/aromatic N) is 4. The van der Waals surface area contributed by atoms with Crippen LogP contribution in [0.2, 0.25) is 0 Å². The lowest BCUT2D eigenvalue weighted by molar-refractivity contribution is 0.0953.